The summed E-state index contributed by atoms with van der Waals surface area (Å²) in [6, 6.07) is 17.9. The lowest BCUT2D eigenvalue weighted by atomic mass is 10.0. The van der Waals surface area contributed by atoms with E-state index in [1.165, 1.54) is 9.80 Å². The van der Waals surface area contributed by atoms with Gasteiger partial charge in [-0.2, -0.15) is 0 Å². The number of aliphatic hydroxyl groups excluding tert-OH is 1. The Balaban J connectivity index is 0.00000166. The molecule has 1 fully saturated rings. The number of benzene rings is 2. The van der Waals surface area contributed by atoms with Gasteiger partial charge in [0.1, 0.15) is 0 Å². The van der Waals surface area contributed by atoms with Crippen molar-refractivity contribution in [1.29, 1.82) is 0 Å². The zero-order chi connectivity index (χ0) is 22.7. The van der Waals surface area contributed by atoms with Gasteiger partial charge in [-0.1, -0.05) is 56.2 Å². The molecule has 2 aromatic rings. The molecular formula is C26H33O3S2+. The number of rotatable bonds is 7. The average Bonchev–Trinajstić information content (AvgIpc) is 2.84. The fourth-order valence-electron chi connectivity index (χ4n) is 3.74. The van der Waals surface area contributed by atoms with Gasteiger partial charge in [0.2, 0.25) is 0 Å². The molecule has 1 saturated carbocycles. The molecule has 0 heterocycles. The number of aliphatic hydroxyl groups is 1. The second-order valence-corrected chi connectivity index (χ2v) is 11.4. The molecule has 1 aliphatic rings. The van der Waals surface area contributed by atoms with Crippen LogP contribution in [0.3, 0.4) is 0 Å². The molecule has 0 spiro atoms. The molecule has 0 saturated heterocycles. The van der Waals surface area contributed by atoms with E-state index in [1.54, 1.807) is 18.2 Å². The molecule has 0 amide bonds. The van der Waals surface area contributed by atoms with E-state index in [4.69, 9.17) is 5.11 Å². The van der Waals surface area contributed by atoms with Gasteiger partial charge >= 0.3 is 0 Å². The van der Waals surface area contributed by atoms with Crippen molar-refractivity contribution in [1.82, 2.24) is 0 Å². The Bertz CT molecular complexity index is 969. The molecule has 1 atom stereocenters. The highest BCUT2D eigenvalue weighted by molar-refractivity contribution is 8.00. The maximum Gasteiger partial charge on any atom is 0.181 e. The average molecular weight is 458 g/mol. The SMILES string of the molecule is C=C/C=C\C(=C/C)[S+](c1ccccc1)c1ccc(S(=O)(=O)C2CCCCC2)cc1.CO. The van der Waals surface area contributed by atoms with Crippen LogP contribution in [0.25, 0.3) is 0 Å². The van der Waals surface area contributed by atoms with Crippen molar-refractivity contribution in [2.75, 3.05) is 7.11 Å². The van der Waals surface area contributed by atoms with Crippen molar-refractivity contribution in [3.05, 3.63) is 90.4 Å². The van der Waals surface area contributed by atoms with Gasteiger partial charge in [-0.25, -0.2) is 8.42 Å². The maximum atomic E-state index is 13.0. The first-order chi connectivity index (χ1) is 15.1. The van der Waals surface area contributed by atoms with Crippen LogP contribution in [-0.2, 0) is 20.7 Å². The van der Waals surface area contributed by atoms with E-state index in [1.807, 2.05) is 43.3 Å². The fraction of sp³-hybridized carbons (Fsp3) is 0.308. The molecular weight excluding hydrogens is 424 g/mol. The Morgan fingerprint density at radius 2 is 1.55 bits per heavy atom. The number of allylic oxidation sites excluding steroid dienone is 4. The van der Waals surface area contributed by atoms with Crippen molar-refractivity contribution < 1.29 is 13.5 Å². The van der Waals surface area contributed by atoms with Crippen molar-refractivity contribution in [2.45, 2.75) is 59.0 Å². The van der Waals surface area contributed by atoms with Crippen LogP contribution in [0.15, 0.2) is 105 Å². The lowest BCUT2D eigenvalue weighted by molar-refractivity contribution is 0.399. The van der Waals surface area contributed by atoms with Crippen LogP contribution in [0.5, 0.6) is 0 Å². The van der Waals surface area contributed by atoms with Gasteiger partial charge in [0, 0.05) is 7.11 Å². The highest BCUT2D eigenvalue weighted by Gasteiger charge is 2.32. The van der Waals surface area contributed by atoms with Gasteiger partial charge in [-0.3, -0.25) is 0 Å². The normalized spacial score (nSPS) is 16.4. The molecule has 1 aliphatic carbocycles. The molecule has 0 radical (unpaired) electrons. The predicted molar refractivity (Wildman–Crippen MR) is 132 cm³/mol. The summed E-state index contributed by atoms with van der Waals surface area (Å²) in [5.41, 5.74) is 0. The zero-order valence-electron chi connectivity index (χ0n) is 18.4. The first-order valence-corrected chi connectivity index (χ1v) is 13.4. The Morgan fingerprint density at radius 3 is 2.10 bits per heavy atom. The van der Waals surface area contributed by atoms with Gasteiger partial charge < -0.3 is 5.11 Å². The molecule has 3 nitrogen and oxygen atoms in total. The first-order valence-electron chi connectivity index (χ1n) is 10.6. The minimum absolute atomic E-state index is 0.226. The summed E-state index contributed by atoms with van der Waals surface area (Å²) >= 11 is 0. The lowest BCUT2D eigenvalue weighted by Crippen LogP contribution is -2.24. The molecule has 0 aromatic heterocycles. The second-order valence-electron chi connectivity index (χ2n) is 7.18. The van der Waals surface area contributed by atoms with Crippen LogP contribution >= 0.6 is 0 Å². The van der Waals surface area contributed by atoms with E-state index in [0.29, 0.717) is 4.90 Å². The highest BCUT2D eigenvalue weighted by atomic mass is 32.2. The van der Waals surface area contributed by atoms with Gasteiger partial charge in [0.25, 0.3) is 0 Å². The van der Waals surface area contributed by atoms with Crippen molar-refractivity contribution in [3.63, 3.8) is 0 Å². The smallest absolute Gasteiger partial charge is 0.181 e. The summed E-state index contributed by atoms with van der Waals surface area (Å²) in [6.45, 7) is 5.81. The summed E-state index contributed by atoms with van der Waals surface area (Å²) in [4.78, 5) is 3.95. The third kappa shape index (κ3) is 6.45. The standard InChI is InChI=1S/C25H29O2S2.CH4O/c1-3-5-12-21(4-2)28(22-13-8-6-9-14-22)23-17-19-25(20-18-23)29(26,27)24-15-10-7-11-16-24;1-2/h3-6,8-9,12-14,17-20,24H,1,7,10-11,15-16H2,2H3;2H,1H3/q+1;/b12-5-,21-4+;. The highest BCUT2D eigenvalue weighted by Crippen LogP contribution is 2.33. The maximum absolute atomic E-state index is 13.0. The molecule has 1 N–H and O–H groups in total. The van der Waals surface area contributed by atoms with Crippen LogP contribution in [0.1, 0.15) is 39.0 Å². The van der Waals surface area contributed by atoms with Gasteiger partial charge in [0.05, 0.1) is 21.0 Å². The third-order valence-corrected chi connectivity index (χ3v) is 9.88. The minimum atomic E-state index is -3.25. The molecule has 31 heavy (non-hydrogen) atoms. The number of hydrogen-bond donors (Lipinski definition) is 1. The molecule has 3 rings (SSSR count). The van der Waals surface area contributed by atoms with E-state index in [2.05, 4.69) is 30.9 Å². The monoisotopic (exact) mass is 457 g/mol. The molecule has 0 bridgehead atoms. The van der Waals surface area contributed by atoms with E-state index in [0.717, 1.165) is 44.1 Å². The summed E-state index contributed by atoms with van der Waals surface area (Å²) < 4.78 is 26.1. The Kier molecular flexibility index (Phi) is 10.3. The Hall–Kier alpha value is -2.08. The van der Waals surface area contributed by atoms with Crippen LogP contribution in [0.4, 0.5) is 0 Å². The van der Waals surface area contributed by atoms with Crippen molar-refractivity contribution in [2.24, 2.45) is 0 Å². The molecule has 166 valence electrons. The summed E-state index contributed by atoms with van der Waals surface area (Å²) in [5, 5.41) is 6.77. The van der Waals surface area contributed by atoms with Crippen molar-refractivity contribution in [3.8, 4) is 0 Å². The van der Waals surface area contributed by atoms with E-state index in [-0.39, 0.29) is 16.1 Å². The summed E-state index contributed by atoms with van der Waals surface area (Å²) in [7, 11) is -2.55. The number of sulfone groups is 1. The molecule has 1 unspecified atom stereocenters. The van der Waals surface area contributed by atoms with Crippen molar-refractivity contribution >= 4 is 20.7 Å². The second kappa shape index (κ2) is 12.7. The molecule has 5 heteroatoms. The number of hydrogen-bond acceptors (Lipinski definition) is 3. The predicted octanol–water partition coefficient (Wildman–Crippen LogP) is 6.08. The Labute approximate surface area is 190 Å². The quantitative estimate of drug-likeness (QED) is 0.405. The fourth-order valence-corrected chi connectivity index (χ4v) is 7.70. The Morgan fingerprint density at radius 1 is 0.968 bits per heavy atom. The summed E-state index contributed by atoms with van der Waals surface area (Å²) in [5.74, 6) is 0. The zero-order valence-corrected chi connectivity index (χ0v) is 20.0. The van der Waals surface area contributed by atoms with Crippen LogP contribution in [0.2, 0.25) is 0 Å². The third-order valence-electron chi connectivity index (χ3n) is 5.27. The van der Waals surface area contributed by atoms with Gasteiger partial charge in [0.15, 0.2) is 24.5 Å². The minimum Gasteiger partial charge on any atom is -0.400 e. The first kappa shape index (κ1) is 25.2. The van der Waals surface area contributed by atoms with Crippen LogP contribution in [-0.4, -0.2) is 25.9 Å². The molecule has 2 aromatic carbocycles. The van der Waals surface area contributed by atoms with Crippen LogP contribution < -0.4 is 0 Å². The van der Waals surface area contributed by atoms with Gasteiger partial charge in [-0.15, -0.1) is 0 Å². The van der Waals surface area contributed by atoms with E-state index >= 15 is 0 Å². The lowest BCUT2D eigenvalue weighted by Gasteiger charge is -2.21. The summed E-state index contributed by atoms with van der Waals surface area (Å²) in [6.07, 6.45) is 12.7. The van der Waals surface area contributed by atoms with Gasteiger partial charge in [-0.05, 0) is 68.3 Å². The van der Waals surface area contributed by atoms with E-state index in [9.17, 15) is 8.42 Å². The molecule has 0 aliphatic heterocycles. The topological polar surface area (TPSA) is 54.4 Å². The van der Waals surface area contributed by atoms with E-state index < -0.39 is 9.84 Å². The largest absolute Gasteiger partial charge is 0.400 e. The van der Waals surface area contributed by atoms with Crippen LogP contribution in [0, 0.1) is 0 Å².